The monoisotopic (exact) mass is 503 g/mol. The van der Waals surface area contributed by atoms with Gasteiger partial charge < -0.3 is 4.65 Å². The average Bonchev–Trinajstić information content (AvgIpc) is 3.22. The van der Waals surface area contributed by atoms with Crippen LogP contribution in [0.2, 0.25) is 0 Å². The second-order valence-electron chi connectivity index (χ2n) is 10.7. The van der Waals surface area contributed by atoms with Crippen LogP contribution in [-0.2, 0) is 4.65 Å². The Labute approximate surface area is 220 Å². The Morgan fingerprint density at radius 2 is 1.31 bits per heavy atom. The van der Waals surface area contributed by atoms with E-state index >= 15 is 0 Å². The SMILES string of the molecule is CC(C)(P)C(C)(C)O[B]c1cccc2c(-c3cccc4cc5c(cc34)sc3ccccc35)cccc12. The van der Waals surface area contributed by atoms with Gasteiger partial charge in [-0.3, -0.25) is 0 Å². The summed E-state index contributed by atoms with van der Waals surface area (Å²) in [5.74, 6) is 0. The van der Waals surface area contributed by atoms with Crippen LogP contribution in [0, 0.1) is 0 Å². The Kier molecular flexibility index (Phi) is 5.72. The van der Waals surface area contributed by atoms with Crippen LogP contribution in [0.4, 0.5) is 0 Å². The van der Waals surface area contributed by atoms with Crippen molar-refractivity contribution in [3.63, 3.8) is 0 Å². The molecule has 1 atom stereocenters. The van der Waals surface area contributed by atoms with E-state index in [0.717, 1.165) is 5.46 Å². The summed E-state index contributed by atoms with van der Waals surface area (Å²) in [6.45, 7) is 8.64. The normalized spacial score (nSPS) is 12.7. The van der Waals surface area contributed by atoms with Gasteiger partial charge in [0.05, 0.1) is 5.60 Å². The van der Waals surface area contributed by atoms with Gasteiger partial charge in [0, 0.05) is 25.3 Å². The van der Waals surface area contributed by atoms with E-state index in [1.165, 1.54) is 52.8 Å². The summed E-state index contributed by atoms with van der Waals surface area (Å²) in [6.07, 6.45) is 0. The topological polar surface area (TPSA) is 9.23 Å². The van der Waals surface area contributed by atoms with Gasteiger partial charge in [0.25, 0.3) is 0 Å². The molecular formula is C32H29BOPS. The van der Waals surface area contributed by atoms with Crippen molar-refractivity contribution in [3.05, 3.63) is 91.0 Å². The van der Waals surface area contributed by atoms with Crippen LogP contribution < -0.4 is 5.46 Å². The van der Waals surface area contributed by atoms with E-state index in [-0.39, 0.29) is 10.8 Å². The first-order chi connectivity index (χ1) is 17.2. The van der Waals surface area contributed by atoms with Crippen LogP contribution in [0.15, 0.2) is 91.0 Å². The van der Waals surface area contributed by atoms with Gasteiger partial charge in [0.1, 0.15) is 0 Å². The highest BCUT2D eigenvalue weighted by atomic mass is 32.1. The highest BCUT2D eigenvalue weighted by Gasteiger charge is 2.33. The van der Waals surface area contributed by atoms with Crippen molar-refractivity contribution in [1.29, 1.82) is 0 Å². The lowest BCUT2D eigenvalue weighted by molar-refractivity contribution is 0.0841. The van der Waals surface area contributed by atoms with Gasteiger partial charge in [-0.1, -0.05) is 86.6 Å². The van der Waals surface area contributed by atoms with E-state index in [0.29, 0.717) is 0 Å². The van der Waals surface area contributed by atoms with E-state index in [9.17, 15) is 0 Å². The molecule has 1 aromatic heterocycles. The Balaban J connectivity index is 1.50. The van der Waals surface area contributed by atoms with E-state index in [2.05, 4.69) is 128 Å². The fraction of sp³-hybridized carbons (Fsp3) is 0.188. The van der Waals surface area contributed by atoms with E-state index in [1.54, 1.807) is 0 Å². The molecule has 6 aromatic rings. The summed E-state index contributed by atoms with van der Waals surface area (Å²) < 4.78 is 9.01. The molecule has 177 valence electrons. The number of rotatable bonds is 5. The Hall–Kier alpha value is -2.71. The van der Waals surface area contributed by atoms with Crippen LogP contribution in [0.5, 0.6) is 0 Å². The first kappa shape index (κ1) is 23.7. The summed E-state index contributed by atoms with van der Waals surface area (Å²) in [6, 6.07) is 33.2. The standard InChI is InChI=1S/C32H29BOPS/c1-31(2,32(3,4)35)34-33-28-16-9-14-22-21(13-8-15-24(22)28)23-12-7-10-20-18-27-25-11-5-6-17-29(25)36-30(27)19-26(20)23/h5-19H,35H2,1-4H3. The number of hydrogen-bond acceptors (Lipinski definition) is 2. The molecule has 5 aromatic carbocycles. The van der Waals surface area contributed by atoms with Crippen molar-refractivity contribution in [2.45, 2.75) is 38.5 Å². The van der Waals surface area contributed by atoms with Gasteiger partial charge in [-0.15, -0.1) is 20.6 Å². The molecule has 6 rings (SSSR count). The highest BCUT2D eigenvalue weighted by molar-refractivity contribution is 7.25. The molecule has 0 aliphatic heterocycles. The van der Waals surface area contributed by atoms with Gasteiger partial charge in [-0.25, -0.2) is 0 Å². The predicted octanol–water partition coefficient (Wildman–Crippen LogP) is 8.72. The zero-order valence-electron chi connectivity index (χ0n) is 21.1. The Morgan fingerprint density at radius 3 is 2.11 bits per heavy atom. The van der Waals surface area contributed by atoms with E-state index in [4.69, 9.17) is 4.65 Å². The van der Waals surface area contributed by atoms with Gasteiger partial charge in [-0.05, 0) is 70.2 Å². The summed E-state index contributed by atoms with van der Waals surface area (Å²) >= 11 is 1.87. The Bertz CT molecular complexity index is 1760. The molecule has 36 heavy (non-hydrogen) atoms. The van der Waals surface area contributed by atoms with Crippen molar-refractivity contribution in [2.75, 3.05) is 0 Å². The largest absolute Gasteiger partial charge is 0.429 e. The fourth-order valence-electron chi connectivity index (χ4n) is 4.77. The van der Waals surface area contributed by atoms with Crippen LogP contribution in [0.3, 0.4) is 0 Å². The van der Waals surface area contributed by atoms with Crippen molar-refractivity contribution in [3.8, 4) is 11.1 Å². The van der Waals surface area contributed by atoms with Crippen LogP contribution in [0.1, 0.15) is 27.7 Å². The molecular weight excluding hydrogens is 474 g/mol. The van der Waals surface area contributed by atoms with E-state index in [1.807, 2.05) is 18.8 Å². The third kappa shape index (κ3) is 3.95. The first-order valence-electron chi connectivity index (χ1n) is 12.4. The van der Waals surface area contributed by atoms with E-state index < -0.39 is 0 Å². The minimum absolute atomic E-state index is 0.0554. The van der Waals surface area contributed by atoms with Crippen molar-refractivity contribution in [2.24, 2.45) is 0 Å². The van der Waals surface area contributed by atoms with Crippen molar-refractivity contribution < 1.29 is 4.65 Å². The number of thiophene rings is 1. The molecule has 0 aliphatic rings. The summed E-state index contributed by atoms with van der Waals surface area (Å²) in [5, 5.41) is 7.63. The summed E-state index contributed by atoms with van der Waals surface area (Å²) in [7, 11) is 4.84. The molecule has 0 bridgehead atoms. The molecule has 0 spiro atoms. The number of hydrogen-bond donors (Lipinski definition) is 0. The molecule has 0 fully saturated rings. The second kappa shape index (κ2) is 8.70. The Morgan fingerprint density at radius 1 is 0.639 bits per heavy atom. The molecule has 1 heterocycles. The third-order valence-electron chi connectivity index (χ3n) is 7.66. The summed E-state index contributed by atoms with van der Waals surface area (Å²) in [4.78, 5) is 0. The minimum atomic E-state index is -0.317. The van der Waals surface area contributed by atoms with Crippen LogP contribution >= 0.6 is 20.6 Å². The smallest absolute Gasteiger partial charge is 0.331 e. The van der Waals surface area contributed by atoms with Gasteiger partial charge in [0.15, 0.2) is 0 Å². The quantitative estimate of drug-likeness (QED) is 0.169. The van der Waals surface area contributed by atoms with Crippen LogP contribution in [0.25, 0.3) is 52.8 Å². The zero-order chi connectivity index (χ0) is 25.1. The zero-order valence-corrected chi connectivity index (χ0v) is 23.1. The molecule has 0 aliphatic carbocycles. The molecule has 1 unspecified atom stereocenters. The molecule has 1 radical (unpaired) electrons. The second-order valence-corrected chi connectivity index (χ2v) is 13.2. The average molecular weight is 503 g/mol. The highest BCUT2D eigenvalue weighted by Crippen LogP contribution is 2.40. The minimum Gasteiger partial charge on any atom is -0.429 e. The molecule has 0 saturated heterocycles. The van der Waals surface area contributed by atoms with Crippen LogP contribution in [-0.4, -0.2) is 18.2 Å². The molecule has 1 nitrogen and oxygen atoms in total. The first-order valence-corrected chi connectivity index (χ1v) is 13.8. The lowest BCUT2D eigenvalue weighted by Gasteiger charge is -2.39. The van der Waals surface area contributed by atoms with Crippen molar-refractivity contribution in [1.82, 2.24) is 0 Å². The number of benzene rings is 5. The maximum Gasteiger partial charge on any atom is 0.331 e. The van der Waals surface area contributed by atoms with Gasteiger partial charge in [0.2, 0.25) is 0 Å². The molecule has 0 N–H and O–H groups in total. The van der Waals surface area contributed by atoms with Crippen molar-refractivity contribution >= 4 is 75.2 Å². The third-order valence-corrected chi connectivity index (χ3v) is 9.48. The molecule has 4 heteroatoms. The predicted molar refractivity (Wildman–Crippen MR) is 164 cm³/mol. The van der Waals surface area contributed by atoms with Gasteiger partial charge >= 0.3 is 7.48 Å². The number of fused-ring (bicyclic) bond motifs is 5. The summed E-state index contributed by atoms with van der Waals surface area (Å²) in [5.41, 5.74) is 3.30. The molecule has 0 amide bonds. The maximum atomic E-state index is 6.34. The lowest BCUT2D eigenvalue weighted by atomic mass is 9.80. The molecule has 0 saturated carbocycles. The maximum absolute atomic E-state index is 6.34. The fourth-order valence-corrected chi connectivity index (χ4v) is 5.96. The lowest BCUT2D eigenvalue weighted by Crippen LogP contribution is -2.45. The van der Waals surface area contributed by atoms with Gasteiger partial charge in [-0.2, -0.15) is 0 Å².